The first-order chi connectivity index (χ1) is 12.2. The van der Waals surface area contributed by atoms with Crippen LogP contribution in [0.25, 0.3) is 22.1 Å². The highest BCUT2D eigenvalue weighted by atomic mass is 32.2. The number of hydrogen-bond donors (Lipinski definition) is 2. The van der Waals surface area contributed by atoms with E-state index in [1.807, 2.05) is 61.5 Å². The predicted octanol–water partition coefficient (Wildman–Crippen LogP) is 3.63. The number of carbonyl (C=O) groups excluding carboxylic acids is 1. The Labute approximate surface area is 148 Å². The number of aromatic nitrogens is 4. The Morgan fingerprint density at radius 1 is 1.08 bits per heavy atom. The van der Waals surface area contributed by atoms with Crippen molar-refractivity contribution < 1.29 is 4.79 Å². The summed E-state index contributed by atoms with van der Waals surface area (Å²) >= 11 is 1.28. The zero-order valence-electron chi connectivity index (χ0n) is 13.4. The molecule has 2 aromatic heterocycles. The molecule has 0 saturated carbocycles. The van der Waals surface area contributed by atoms with E-state index in [2.05, 4.69) is 25.5 Å². The van der Waals surface area contributed by atoms with E-state index in [1.54, 1.807) is 0 Å². The second-order valence-corrected chi connectivity index (χ2v) is 6.89. The molecule has 0 fully saturated rings. The lowest BCUT2D eigenvalue weighted by Crippen LogP contribution is -2.22. The highest BCUT2D eigenvalue weighted by Crippen LogP contribution is 2.25. The van der Waals surface area contributed by atoms with Crippen LogP contribution in [0, 0.1) is 0 Å². The highest BCUT2D eigenvalue weighted by molar-refractivity contribution is 8.00. The number of anilines is 1. The molecule has 0 aliphatic heterocycles. The van der Waals surface area contributed by atoms with Crippen molar-refractivity contribution in [2.75, 3.05) is 5.32 Å². The molecule has 124 valence electrons. The van der Waals surface area contributed by atoms with Crippen molar-refractivity contribution in [3.63, 3.8) is 0 Å². The molecule has 1 atom stereocenters. The first kappa shape index (κ1) is 15.6. The third-order valence-electron chi connectivity index (χ3n) is 3.80. The first-order valence-electron chi connectivity index (χ1n) is 7.84. The van der Waals surface area contributed by atoms with Gasteiger partial charge in [-0.1, -0.05) is 48.2 Å². The molecule has 0 aliphatic rings. The Morgan fingerprint density at radius 2 is 1.84 bits per heavy atom. The van der Waals surface area contributed by atoms with E-state index in [4.69, 9.17) is 0 Å². The van der Waals surface area contributed by atoms with Crippen LogP contribution < -0.4 is 5.32 Å². The normalized spacial score (nSPS) is 12.4. The lowest BCUT2D eigenvalue weighted by molar-refractivity contribution is -0.115. The van der Waals surface area contributed by atoms with E-state index in [1.165, 1.54) is 11.8 Å². The number of nitrogens with zero attached hydrogens (tertiary/aromatic N) is 3. The third-order valence-corrected chi connectivity index (χ3v) is 4.75. The fraction of sp³-hybridized carbons (Fsp3) is 0.111. The number of para-hydroxylation sites is 2. The maximum Gasteiger partial charge on any atom is 0.237 e. The highest BCUT2D eigenvalue weighted by Gasteiger charge is 2.17. The minimum atomic E-state index is -0.344. The van der Waals surface area contributed by atoms with E-state index >= 15 is 0 Å². The minimum Gasteiger partial charge on any atom is -0.338 e. The van der Waals surface area contributed by atoms with Crippen LogP contribution in [0.1, 0.15) is 6.92 Å². The molecule has 6 nitrogen and oxygen atoms in total. The van der Waals surface area contributed by atoms with E-state index in [0.29, 0.717) is 10.8 Å². The fourth-order valence-corrected chi connectivity index (χ4v) is 3.25. The molecule has 2 N–H and O–H groups in total. The smallest absolute Gasteiger partial charge is 0.237 e. The molecule has 0 saturated heterocycles. The van der Waals surface area contributed by atoms with Crippen LogP contribution in [0.4, 0.5) is 5.69 Å². The van der Waals surface area contributed by atoms with Crippen molar-refractivity contribution in [3.8, 4) is 0 Å². The van der Waals surface area contributed by atoms with Crippen LogP contribution >= 0.6 is 11.8 Å². The van der Waals surface area contributed by atoms with Gasteiger partial charge >= 0.3 is 0 Å². The Morgan fingerprint density at radius 3 is 2.68 bits per heavy atom. The number of carbonyl (C=O) groups is 1. The maximum absolute atomic E-state index is 12.3. The van der Waals surface area contributed by atoms with Gasteiger partial charge in [0.2, 0.25) is 11.1 Å². The molecule has 4 aromatic rings. The van der Waals surface area contributed by atoms with Gasteiger partial charge in [0.15, 0.2) is 5.65 Å². The summed E-state index contributed by atoms with van der Waals surface area (Å²) in [6, 6.07) is 17.2. The molecule has 1 amide bonds. The summed E-state index contributed by atoms with van der Waals surface area (Å²) in [5, 5.41) is 12.4. The van der Waals surface area contributed by atoms with Crippen LogP contribution in [0.3, 0.4) is 0 Å². The number of benzene rings is 2. The Kier molecular flexibility index (Phi) is 4.07. The molecule has 0 unspecified atom stereocenters. The van der Waals surface area contributed by atoms with Crippen molar-refractivity contribution >= 4 is 45.4 Å². The van der Waals surface area contributed by atoms with Gasteiger partial charge in [-0.3, -0.25) is 4.79 Å². The van der Waals surface area contributed by atoms with E-state index in [-0.39, 0.29) is 11.2 Å². The second-order valence-electron chi connectivity index (χ2n) is 5.58. The van der Waals surface area contributed by atoms with E-state index in [0.717, 1.165) is 22.1 Å². The average molecular weight is 349 g/mol. The van der Waals surface area contributed by atoms with Gasteiger partial charge in [-0.05, 0) is 25.1 Å². The molecule has 25 heavy (non-hydrogen) atoms. The molecule has 0 radical (unpaired) electrons. The molecular formula is C18H15N5OS. The van der Waals surface area contributed by atoms with Crippen LogP contribution in [0.15, 0.2) is 59.8 Å². The molecule has 2 heterocycles. The van der Waals surface area contributed by atoms with Gasteiger partial charge in [0.05, 0.1) is 5.25 Å². The molecule has 2 aromatic carbocycles. The number of amides is 1. The summed E-state index contributed by atoms with van der Waals surface area (Å²) in [6.45, 7) is 1.82. The lowest BCUT2D eigenvalue weighted by atomic mass is 10.2. The van der Waals surface area contributed by atoms with Crippen LogP contribution in [-0.4, -0.2) is 31.3 Å². The number of rotatable bonds is 4. The number of nitrogens with one attached hydrogen (secondary N) is 2. The lowest BCUT2D eigenvalue weighted by Gasteiger charge is -2.10. The van der Waals surface area contributed by atoms with Gasteiger partial charge in [0, 0.05) is 16.6 Å². The van der Waals surface area contributed by atoms with Gasteiger partial charge in [-0.2, -0.15) is 0 Å². The van der Waals surface area contributed by atoms with Crippen molar-refractivity contribution in [2.24, 2.45) is 0 Å². The zero-order valence-corrected chi connectivity index (χ0v) is 14.2. The predicted molar refractivity (Wildman–Crippen MR) is 99.6 cm³/mol. The fourth-order valence-electron chi connectivity index (χ4n) is 2.53. The molecular weight excluding hydrogens is 334 g/mol. The van der Waals surface area contributed by atoms with Crippen molar-refractivity contribution in [1.82, 2.24) is 20.2 Å². The number of H-pyrrole nitrogens is 1. The molecule has 0 spiro atoms. The Balaban J connectivity index is 1.53. The summed E-state index contributed by atoms with van der Waals surface area (Å²) in [6.07, 6.45) is 0. The Bertz CT molecular complexity index is 1050. The number of thioether (sulfide) groups is 1. The maximum atomic E-state index is 12.3. The summed E-state index contributed by atoms with van der Waals surface area (Å²) in [5.41, 5.74) is 3.15. The van der Waals surface area contributed by atoms with Gasteiger partial charge in [-0.25, -0.2) is 4.98 Å². The van der Waals surface area contributed by atoms with Crippen LogP contribution in [0.2, 0.25) is 0 Å². The number of fused-ring (bicyclic) bond motifs is 3. The van der Waals surface area contributed by atoms with Crippen molar-refractivity contribution in [1.29, 1.82) is 0 Å². The number of hydrogen-bond acceptors (Lipinski definition) is 5. The van der Waals surface area contributed by atoms with E-state index < -0.39 is 0 Å². The van der Waals surface area contributed by atoms with Gasteiger partial charge in [0.25, 0.3) is 0 Å². The topological polar surface area (TPSA) is 83.6 Å². The van der Waals surface area contributed by atoms with E-state index in [9.17, 15) is 4.79 Å². The molecule has 0 bridgehead atoms. The standard InChI is InChI=1S/C18H15N5OS/c1-11(17(24)19-12-7-3-2-4-8-12)25-18-21-16-15(22-23-18)13-9-5-6-10-14(13)20-16/h2-11H,1H3,(H,19,24)(H,20,21,23)/t11-/m1/s1. The minimum absolute atomic E-state index is 0.100. The largest absolute Gasteiger partial charge is 0.338 e. The molecule has 4 rings (SSSR count). The summed E-state index contributed by atoms with van der Waals surface area (Å²) in [5.74, 6) is -0.100. The van der Waals surface area contributed by atoms with Crippen molar-refractivity contribution in [2.45, 2.75) is 17.3 Å². The number of aromatic amines is 1. The second kappa shape index (κ2) is 6.52. The Hall–Kier alpha value is -2.93. The van der Waals surface area contributed by atoms with Crippen molar-refractivity contribution in [3.05, 3.63) is 54.6 Å². The zero-order chi connectivity index (χ0) is 17.2. The quantitative estimate of drug-likeness (QED) is 0.550. The van der Waals surface area contributed by atoms with Crippen LogP contribution in [-0.2, 0) is 4.79 Å². The third kappa shape index (κ3) is 3.18. The van der Waals surface area contributed by atoms with Gasteiger partial charge in [0.1, 0.15) is 5.52 Å². The summed E-state index contributed by atoms with van der Waals surface area (Å²) in [4.78, 5) is 20.0. The summed E-state index contributed by atoms with van der Waals surface area (Å²) < 4.78 is 0. The SMILES string of the molecule is C[C@@H](Sc1nnc2c(n1)[nH]c1ccccc12)C(=O)Nc1ccccc1. The monoisotopic (exact) mass is 349 g/mol. The molecule has 7 heteroatoms. The molecule has 0 aliphatic carbocycles. The van der Waals surface area contributed by atoms with Gasteiger partial charge < -0.3 is 10.3 Å². The van der Waals surface area contributed by atoms with Crippen LogP contribution in [0.5, 0.6) is 0 Å². The average Bonchev–Trinajstić information content (AvgIpc) is 3.00. The van der Waals surface area contributed by atoms with Gasteiger partial charge in [-0.15, -0.1) is 10.2 Å². The summed E-state index contributed by atoms with van der Waals surface area (Å²) in [7, 11) is 0. The first-order valence-corrected chi connectivity index (χ1v) is 8.72.